The van der Waals surface area contributed by atoms with Gasteiger partial charge in [-0.25, -0.2) is 4.98 Å². The van der Waals surface area contributed by atoms with E-state index in [9.17, 15) is 0 Å². The molecule has 0 amide bonds. The summed E-state index contributed by atoms with van der Waals surface area (Å²) in [7, 11) is 1.61. The van der Waals surface area contributed by atoms with Crippen molar-refractivity contribution in [3.63, 3.8) is 0 Å². The summed E-state index contributed by atoms with van der Waals surface area (Å²) in [5, 5.41) is 9.58. The maximum atomic E-state index is 5.09. The van der Waals surface area contributed by atoms with Crippen molar-refractivity contribution in [3.05, 3.63) is 47.1 Å². The number of aromatic nitrogens is 3. The van der Waals surface area contributed by atoms with Crippen molar-refractivity contribution in [2.75, 3.05) is 13.7 Å². The number of methoxy groups -OCH3 is 1. The predicted molar refractivity (Wildman–Crippen MR) is 95.2 cm³/mol. The van der Waals surface area contributed by atoms with E-state index in [-0.39, 0.29) is 0 Å². The number of nitrogens with zero attached hydrogens (tertiary/aromatic N) is 4. The maximum Gasteiger partial charge on any atom is 0.233 e. The lowest BCUT2D eigenvalue weighted by atomic mass is 10.0. The highest BCUT2D eigenvalue weighted by molar-refractivity contribution is 7.18. The number of thiazole rings is 1. The van der Waals surface area contributed by atoms with E-state index in [4.69, 9.17) is 9.72 Å². The summed E-state index contributed by atoms with van der Waals surface area (Å²) < 4.78 is 6.35. The Morgan fingerprint density at radius 3 is 2.88 bits per heavy atom. The Morgan fingerprint density at radius 2 is 2.08 bits per heavy atom. The molecule has 6 heteroatoms. The molecule has 0 radical (unpaired) electrons. The van der Waals surface area contributed by atoms with Crippen LogP contribution in [0.5, 0.6) is 5.88 Å². The number of hydrogen-bond donors (Lipinski definition) is 0. The van der Waals surface area contributed by atoms with Gasteiger partial charge >= 0.3 is 0 Å². The molecule has 1 aliphatic heterocycles. The third-order valence-corrected chi connectivity index (χ3v) is 5.62. The monoisotopic (exact) mass is 340 g/mol. The molecule has 24 heavy (non-hydrogen) atoms. The first-order valence-corrected chi connectivity index (χ1v) is 9.11. The van der Waals surface area contributed by atoms with Gasteiger partial charge in [-0.15, -0.1) is 16.4 Å². The standard InChI is InChI=1S/C18H20N4OS/c1-23-17-10-9-13(20-21-17)12-22-11-5-4-7-15(22)18-19-14-6-2-3-8-16(14)24-18/h2-3,6,8-10,15H,4-5,7,11-12H2,1H3/t15-/m1/s1. The summed E-state index contributed by atoms with van der Waals surface area (Å²) >= 11 is 1.82. The summed E-state index contributed by atoms with van der Waals surface area (Å²) in [5.74, 6) is 0.556. The first-order chi connectivity index (χ1) is 11.8. The second-order valence-electron chi connectivity index (χ2n) is 6.07. The van der Waals surface area contributed by atoms with Crippen LogP contribution in [-0.4, -0.2) is 33.7 Å². The zero-order valence-corrected chi connectivity index (χ0v) is 14.5. The predicted octanol–water partition coefficient (Wildman–Crippen LogP) is 3.82. The molecule has 0 aliphatic carbocycles. The molecule has 3 aromatic rings. The molecule has 1 aromatic carbocycles. The van der Waals surface area contributed by atoms with Crippen LogP contribution in [0.25, 0.3) is 10.2 Å². The lowest BCUT2D eigenvalue weighted by Gasteiger charge is -2.34. The van der Waals surface area contributed by atoms with Crippen LogP contribution in [0.4, 0.5) is 0 Å². The largest absolute Gasteiger partial charge is 0.480 e. The van der Waals surface area contributed by atoms with Crippen molar-refractivity contribution in [1.82, 2.24) is 20.1 Å². The number of likely N-dealkylation sites (tertiary alicyclic amines) is 1. The van der Waals surface area contributed by atoms with E-state index in [0.29, 0.717) is 11.9 Å². The van der Waals surface area contributed by atoms with Crippen LogP contribution in [0, 0.1) is 0 Å². The van der Waals surface area contributed by atoms with Crippen molar-refractivity contribution in [2.45, 2.75) is 31.8 Å². The number of para-hydroxylation sites is 1. The number of benzene rings is 1. The molecule has 0 spiro atoms. The number of fused-ring (bicyclic) bond motifs is 1. The van der Waals surface area contributed by atoms with E-state index >= 15 is 0 Å². The zero-order chi connectivity index (χ0) is 16.4. The first kappa shape index (κ1) is 15.5. The van der Waals surface area contributed by atoms with Crippen molar-refractivity contribution in [2.24, 2.45) is 0 Å². The SMILES string of the molecule is COc1ccc(CN2CCCC[C@@H]2c2nc3ccccc3s2)nn1. The lowest BCUT2D eigenvalue weighted by molar-refractivity contribution is 0.138. The van der Waals surface area contributed by atoms with Crippen LogP contribution >= 0.6 is 11.3 Å². The van der Waals surface area contributed by atoms with Gasteiger partial charge in [0, 0.05) is 12.6 Å². The molecule has 4 rings (SSSR count). The van der Waals surface area contributed by atoms with Crippen molar-refractivity contribution >= 4 is 21.6 Å². The van der Waals surface area contributed by atoms with Crippen molar-refractivity contribution in [3.8, 4) is 5.88 Å². The van der Waals surface area contributed by atoms with E-state index < -0.39 is 0 Å². The maximum absolute atomic E-state index is 5.09. The van der Waals surface area contributed by atoms with Gasteiger partial charge in [-0.1, -0.05) is 18.6 Å². The van der Waals surface area contributed by atoms with E-state index in [1.807, 2.05) is 23.5 Å². The van der Waals surface area contributed by atoms with Gasteiger partial charge in [-0.05, 0) is 37.6 Å². The van der Waals surface area contributed by atoms with Crippen molar-refractivity contribution < 1.29 is 4.74 Å². The Hall–Kier alpha value is -2.05. The van der Waals surface area contributed by atoms with Gasteiger partial charge < -0.3 is 4.74 Å². The van der Waals surface area contributed by atoms with Crippen LogP contribution in [-0.2, 0) is 6.54 Å². The zero-order valence-electron chi connectivity index (χ0n) is 13.7. The Morgan fingerprint density at radius 1 is 1.17 bits per heavy atom. The molecule has 0 saturated carbocycles. The summed E-state index contributed by atoms with van der Waals surface area (Å²) in [5.41, 5.74) is 2.08. The molecule has 1 aliphatic rings. The molecule has 1 atom stereocenters. The smallest absolute Gasteiger partial charge is 0.233 e. The third kappa shape index (κ3) is 3.12. The average molecular weight is 340 g/mol. The second-order valence-corrected chi connectivity index (χ2v) is 7.13. The fourth-order valence-electron chi connectivity index (χ4n) is 3.24. The van der Waals surface area contributed by atoms with Gasteiger partial charge in [0.05, 0.1) is 29.1 Å². The van der Waals surface area contributed by atoms with Gasteiger partial charge in [-0.3, -0.25) is 4.90 Å². The fraction of sp³-hybridized carbons (Fsp3) is 0.389. The molecule has 2 aromatic heterocycles. The number of ether oxygens (including phenoxy) is 1. The minimum Gasteiger partial charge on any atom is -0.480 e. The minimum atomic E-state index is 0.375. The number of rotatable bonds is 4. The summed E-state index contributed by atoms with van der Waals surface area (Å²) in [6.45, 7) is 1.88. The molecule has 0 unspecified atom stereocenters. The van der Waals surface area contributed by atoms with Gasteiger partial charge in [0.25, 0.3) is 0 Å². The molecule has 3 heterocycles. The molecular formula is C18H20N4OS. The van der Waals surface area contributed by atoms with Gasteiger partial charge in [0.15, 0.2) is 0 Å². The lowest BCUT2D eigenvalue weighted by Crippen LogP contribution is -2.33. The highest BCUT2D eigenvalue weighted by Gasteiger charge is 2.27. The second kappa shape index (κ2) is 6.83. The topological polar surface area (TPSA) is 51.1 Å². The van der Waals surface area contributed by atoms with Crippen LogP contribution < -0.4 is 4.74 Å². The summed E-state index contributed by atoms with van der Waals surface area (Å²) in [4.78, 5) is 7.36. The molecule has 5 nitrogen and oxygen atoms in total. The Bertz CT molecular complexity index is 784. The Labute approximate surface area is 145 Å². The molecule has 0 bridgehead atoms. The van der Waals surface area contributed by atoms with Crippen molar-refractivity contribution in [1.29, 1.82) is 0 Å². The van der Waals surface area contributed by atoms with E-state index in [1.54, 1.807) is 7.11 Å². The van der Waals surface area contributed by atoms with Gasteiger partial charge in [0.2, 0.25) is 5.88 Å². The van der Waals surface area contributed by atoms with Gasteiger partial charge in [0.1, 0.15) is 5.01 Å². The van der Waals surface area contributed by atoms with Gasteiger partial charge in [-0.2, -0.15) is 5.10 Å². The van der Waals surface area contributed by atoms with Crippen LogP contribution in [0.1, 0.15) is 36.0 Å². The molecular weight excluding hydrogens is 320 g/mol. The first-order valence-electron chi connectivity index (χ1n) is 8.29. The highest BCUT2D eigenvalue weighted by atomic mass is 32.1. The van der Waals surface area contributed by atoms with E-state index in [1.165, 1.54) is 22.5 Å². The average Bonchev–Trinajstić information content (AvgIpc) is 3.07. The quantitative estimate of drug-likeness (QED) is 0.722. The van der Waals surface area contributed by atoms with Crippen LogP contribution in [0.2, 0.25) is 0 Å². The van der Waals surface area contributed by atoms with E-state index in [2.05, 4.69) is 39.4 Å². The normalized spacial score (nSPS) is 18.8. The molecule has 124 valence electrons. The number of hydrogen-bond acceptors (Lipinski definition) is 6. The van der Waals surface area contributed by atoms with Crippen LogP contribution in [0.3, 0.4) is 0 Å². The minimum absolute atomic E-state index is 0.375. The highest BCUT2D eigenvalue weighted by Crippen LogP contribution is 2.36. The number of piperidine rings is 1. The fourth-order valence-corrected chi connectivity index (χ4v) is 4.38. The summed E-state index contributed by atoms with van der Waals surface area (Å²) in [6.07, 6.45) is 3.64. The molecule has 1 fully saturated rings. The molecule has 1 saturated heterocycles. The van der Waals surface area contributed by atoms with Crippen LogP contribution in [0.15, 0.2) is 36.4 Å². The third-order valence-electron chi connectivity index (χ3n) is 4.48. The summed E-state index contributed by atoms with van der Waals surface area (Å²) in [6, 6.07) is 12.6. The van der Waals surface area contributed by atoms with E-state index in [0.717, 1.165) is 30.7 Å². The molecule has 0 N–H and O–H groups in total. The Balaban J connectivity index is 1.57. The Kier molecular flexibility index (Phi) is 4.40.